The number of carbonyl (C=O) groups excluding carboxylic acids is 1. The molecule has 2 aromatic heterocycles. The van der Waals surface area contributed by atoms with Crippen LogP contribution >= 0.6 is 11.3 Å². The molecule has 0 saturated heterocycles. The van der Waals surface area contributed by atoms with Gasteiger partial charge in [0, 0.05) is 17.0 Å². The average molecular weight is 244 g/mol. The second-order valence-corrected chi connectivity index (χ2v) is 4.30. The lowest BCUT2D eigenvalue weighted by atomic mass is 10.2. The van der Waals surface area contributed by atoms with Crippen LogP contribution in [-0.2, 0) is 0 Å². The lowest BCUT2D eigenvalue weighted by Crippen LogP contribution is -2.12. The molecule has 3 aromatic rings. The molecule has 17 heavy (non-hydrogen) atoms. The van der Waals surface area contributed by atoms with Crippen LogP contribution in [0.4, 0.5) is 5.13 Å². The highest BCUT2D eigenvalue weighted by Gasteiger charge is 2.14. The van der Waals surface area contributed by atoms with E-state index in [9.17, 15) is 4.79 Å². The Labute approximate surface area is 101 Å². The van der Waals surface area contributed by atoms with E-state index in [1.807, 2.05) is 24.3 Å². The van der Waals surface area contributed by atoms with Gasteiger partial charge in [0.25, 0.3) is 5.91 Å². The van der Waals surface area contributed by atoms with Crippen LogP contribution in [0.15, 0.2) is 35.8 Å². The first-order chi connectivity index (χ1) is 8.34. The number of aromatic nitrogens is 3. The summed E-state index contributed by atoms with van der Waals surface area (Å²) in [6.45, 7) is 0. The fourth-order valence-electron chi connectivity index (χ4n) is 1.58. The van der Waals surface area contributed by atoms with E-state index in [4.69, 9.17) is 0 Å². The number of amides is 1. The molecule has 0 spiro atoms. The van der Waals surface area contributed by atoms with Gasteiger partial charge in [-0.3, -0.25) is 15.2 Å². The maximum absolute atomic E-state index is 12.0. The highest BCUT2D eigenvalue weighted by atomic mass is 32.1. The quantitative estimate of drug-likeness (QED) is 0.726. The lowest BCUT2D eigenvalue weighted by Gasteiger charge is -1.97. The zero-order valence-corrected chi connectivity index (χ0v) is 9.49. The van der Waals surface area contributed by atoms with Gasteiger partial charge < -0.3 is 0 Å². The lowest BCUT2D eigenvalue weighted by molar-refractivity contribution is 0.102. The van der Waals surface area contributed by atoms with Crippen molar-refractivity contribution in [2.24, 2.45) is 0 Å². The molecular formula is C11H8N4OS. The number of fused-ring (bicyclic) bond motifs is 1. The summed E-state index contributed by atoms with van der Waals surface area (Å²) < 4.78 is 0. The molecule has 0 atom stereocenters. The number of thiazole rings is 1. The molecule has 0 fully saturated rings. The SMILES string of the molecule is O=C(Nc1nccs1)c1n[nH]c2ccccc12. The molecule has 0 aliphatic heterocycles. The molecule has 5 nitrogen and oxygen atoms in total. The van der Waals surface area contributed by atoms with E-state index in [1.54, 1.807) is 11.6 Å². The smallest absolute Gasteiger partial charge is 0.278 e. The van der Waals surface area contributed by atoms with Crippen LogP contribution in [0, 0.1) is 0 Å². The van der Waals surface area contributed by atoms with Crippen molar-refractivity contribution in [1.29, 1.82) is 0 Å². The number of nitrogens with zero attached hydrogens (tertiary/aromatic N) is 2. The second kappa shape index (κ2) is 3.99. The van der Waals surface area contributed by atoms with E-state index < -0.39 is 0 Å². The Bertz CT molecular complexity index is 659. The zero-order valence-electron chi connectivity index (χ0n) is 8.68. The van der Waals surface area contributed by atoms with E-state index >= 15 is 0 Å². The largest absolute Gasteiger partial charge is 0.296 e. The van der Waals surface area contributed by atoms with Crippen LogP contribution in [0.3, 0.4) is 0 Å². The Morgan fingerprint density at radius 2 is 2.24 bits per heavy atom. The summed E-state index contributed by atoms with van der Waals surface area (Å²) >= 11 is 1.37. The number of carbonyl (C=O) groups is 1. The number of rotatable bonds is 2. The number of nitrogens with one attached hydrogen (secondary N) is 2. The van der Waals surface area contributed by atoms with E-state index in [-0.39, 0.29) is 5.91 Å². The van der Waals surface area contributed by atoms with E-state index in [0.29, 0.717) is 10.8 Å². The van der Waals surface area contributed by atoms with Gasteiger partial charge in [-0.15, -0.1) is 11.3 Å². The molecule has 2 N–H and O–H groups in total. The number of hydrogen-bond donors (Lipinski definition) is 2. The van der Waals surface area contributed by atoms with Crippen LogP contribution in [-0.4, -0.2) is 21.1 Å². The predicted molar refractivity (Wildman–Crippen MR) is 66.2 cm³/mol. The fourth-order valence-corrected chi connectivity index (χ4v) is 2.10. The standard InChI is InChI=1S/C11H8N4OS/c16-10(13-11-12-5-6-17-11)9-7-3-1-2-4-8(7)14-15-9/h1-6H,(H,14,15)(H,12,13,16). The van der Waals surface area contributed by atoms with Gasteiger partial charge in [0.05, 0.1) is 5.52 Å². The summed E-state index contributed by atoms with van der Waals surface area (Å²) in [5.41, 5.74) is 1.23. The van der Waals surface area contributed by atoms with Crippen LogP contribution in [0.1, 0.15) is 10.5 Å². The molecule has 1 amide bonds. The Kier molecular flexibility index (Phi) is 2.34. The molecule has 0 bridgehead atoms. The Balaban J connectivity index is 1.96. The van der Waals surface area contributed by atoms with Gasteiger partial charge in [-0.25, -0.2) is 4.98 Å². The van der Waals surface area contributed by atoms with Gasteiger partial charge >= 0.3 is 0 Å². The number of benzene rings is 1. The van der Waals surface area contributed by atoms with Crippen molar-refractivity contribution in [1.82, 2.24) is 15.2 Å². The van der Waals surface area contributed by atoms with Crippen LogP contribution in [0.2, 0.25) is 0 Å². The van der Waals surface area contributed by atoms with Gasteiger partial charge in [-0.05, 0) is 6.07 Å². The Morgan fingerprint density at radius 1 is 1.35 bits per heavy atom. The minimum Gasteiger partial charge on any atom is -0.296 e. The van der Waals surface area contributed by atoms with Gasteiger partial charge in [0.15, 0.2) is 10.8 Å². The van der Waals surface area contributed by atoms with Gasteiger partial charge in [0.1, 0.15) is 0 Å². The molecule has 84 valence electrons. The molecule has 0 aliphatic rings. The molecule has 0 unspecified atom stereocenters. The van der Waals surface area contributed by atoms with E-state index in [2.05, 4.69) is 20.5 Å². The van der Waals surface area contributed by atoms with Crippen molar-refractivity contribution in [2.75, 3.05) is 5.32 Å². The van der Waals surface area contributed by atoms with Crippen molar-refractivity contribution in [3.05, 3.63) is 41.5 Å². The third-order valence-corrected chi connectivity index (χ3v) is 3.03. The van der Waals surface area contributed by atoms with Crippen LogP contribution in [0.5, 0.6) is 0 Å². The molecule has 1 aromatic carbocycles. The summed E-state index contributed by atoms with van der Waals surface area (Å²) in [5.74, 6) is -0.252. The molecule has 3 rings (SSSR count). The summed E-state index contributed by atoms with van der Waals surface area (Å²) in [7, 11) is 0. The number of anilines is 1. The highest BCUT2D eigenvalue weighted by Crippen LogP contribution is 2.17. The minimum absolute atomic E-state index is 0.252. The fraction of sp³-hybridized carbons (Fsp3) is 0. The molecule has 0 radical (unpaired) electrons. The molecule has 0 aliphatic carbocycles. The average Bonchev–Trinajstić information content (AvgIpc) is 2.96. The van der Waals surface area contributed by atoms with Crippen molar-refractivity contribution >= 4 is 33.3 Å². The van der Waals surface area contributed by atoms with E-state index in [1.165, 1.54) is 11.3 Å². The predicted octanol–water partition coefficient (Wildman–Crippen LogP) is 2.27. The van der Waals surface area contributed by atoms with E-state index in [0.717, 1.165) is 10.9 Å². The summed E-state index contributed by atoms with van der Waals surface area (Å²) in [5, 5.41) is 12.7. The van der Waals surface area contributed by atoms with Crippen molar-refractivity contribution in [3.63, 3.8) is 0 Å². The summed E-state index contributed by atoms with van der Waals surface area (Å²) in [6.07, 6.45) is 1.64. The molecule has 6 heteroatoms. The maximum Gasteiger partial charge on any atom is 0.278 e. The van der Waals surface area contributed by atoms with Gasteiger partial charge in [-0.1, -0.05) is 18.2 Å². The number of H-pyrrole nitrogens is 1. The monoisotopic (exact) mass is 244 g/mol. The third-order valence-electron chi connectivity index (χ3n) is 2.34. The Hall–Kier alpha value is -2.21. The first-order valence-corrected chi connectivity index (χ1v) is 5.86. The first-order valence-electron chi connectivity index (χ1n) is 4.98. The van der Waals surface area contributed by atoms with Crippen LogP contribution < -0.4 is 5.32 Å². The molecule has 2 heterocycles. The number of hydrogen-bond acceptors (Lipinski definition) is 4. The molecule has 0 saturated carbocycles. The van der Waals surface area contributed by atoms with Gasteiger partial charge in [0.2, 0.25) is 0 Å². The zero-order chi connectivity index (χ0) is 11.7. The number of aromatic amines is 1. The molecular weight excluding hydrogens is 236 g/mol. The Morgan fingerprint density at radius 3 is 3.06 bits per heavy atom. The minimum atomic E-state index is -0.252. The topological polar surface area (TPSA) is 70.7 Å². The normalized spacial score (nSPS) is 10.6. The highest BCUT2D eigenvalue weighted by molar-refractivity contribution is 7.13. The third kappa shape index (κ3) is 1.78. The van der Waals surface area contributed by atoms with Gasteiger partial charge in [-0.2, -0.15) is 5.10 Å². The van der Waals surface area contributed by atoms with Crippen molar-refractivity contribution in [3.8, 4) is 0 Å². The van der Waals surface area contributed by atoms with Crippen molar-refractivity contribution < 1.29 is 4.79 Å². The van der Waals surface area contributed by atoms with Crippen molar-refractivity contribution in [2.45, 2.75) is 0 Å². The first kappa shape index (κ1) is 9.98. The summed E-state index contributed by atoms with van der Waals surface area (Å²) in [6, 6.07) is 7.50. The number of para-hydroxylation sites is 1. The van der Waals surface area contributed by atoms with Crippen LogP contribution in [0.25, 0.3) is 10.9 Å². The second-order valence-electron chi connectivity index (χ2n) is 3.41. The maximum atomic E-state index is 12.0. The summed E-state index contributed by atoms with van der Waals surface area (Å²) in [4.78, 5) is 16.0.